The van der Waals surface area contributed by atoms with Gasteiger partial charge in [-0.25, -0.2) is 0 Å². The van der Waals surface area contributed by atoms with Crippen LogP contribution in [0.5, 0.6) is 0 Å². The highest BCUT2D eigenvalue weighted by atomic mass is 16.3. The van der Waals surface area contributed by atoms with Crippen LogP contribution in [0.3, 0.4) is 0 Å². The minimum Gasteiger partial charge on any atom is -0.385 e. The SMILES string of the molecule is CC(C)(C)C(O)C(=O)Cc1cccc2ccccc12. The zero-order chi connectivity index (χ0) is 14.0. The largest absolute Gasteiger partial charge is 0.385 e. The number of aliphatic hydroxyl groups is 1. The summed E-state index contributed by atoms with van der Waals surface area (Å²) in [6.45, 7) is 5.62. The fourth-order valence-corrected chi connectivity index (χ4v) is 2.21. The topological polar surface area (TPSA) is 37.3 Å². The highest BCUT2D eigenvalue weighted by molar-refractivity contribution is 5.92. The van der Waals surface area contributed by atoms with Crippen LogP contribution in [0.1, 0.15) is 26.3 Å². The van der Waals surface area contributed by atoms with Crippen LogP contribution in [0.15, 0.2) is 42.5 Å². The quantitative estimate of drug-likeness (QED) is 0.914. The third kappa shape index (κ3) is 3.02. The Morgan fingerprint density at radius 2 is 1.74 bits per heavy atom. The van der Waals surface area contributed by atoms with Gasteiger partial charge >= 0.3 is 0 Å². The first-order valence-corrected chi connectivity index (χ1v) is 6.57. The van der Waals surface area contributed by atoms with E-state index in [0.29, 0.717) is 0 Å². The maximum Gasteiger partial charge on any atom is 0.166 e. The van der Waals surface area contributed by atoms with Gasteiger partial charge in [-0.1, -0.05) is 63.2 Å². The van der Waals surface area contributed by atoms with Gasteiger partial charge in [-0.2, -0.15) is 0 Å². The van der Waals surface area contributed by atoms with Crippen molar-refractivity contribution >= 4 is 16.6 Å². The molecule has 2 nitrogen and oxygen atoms in total. The molecule has 0 aliphatic heterocycles. The van der Waals surface area contributed by atoms with E-state index >= 15 is 0 Å². The Morgan fingerprint density at radius 3 is 2.42 bits per heavy atom. The predicted octanol–water partition coefficient (Wildman–Crippen LogP) is 3.36. The van der Waals surface area contributed by atoms with E-state index < -0.39 is 11.5 Å². The summed E-state index contributed by atoms with van der Waals surface area (Å²) in [7, 11) is 0. The number of rotatable bonds is 3. The van der Waals surface area contributed by atoms with Crippen LogP contribution in [0.2, 0.25) is 0 Å². The fourth-order valence-electron chi connectivity index (χ4n) is 2.21. The average Bonchev–Trinajstić information content (AvgIpc) is 2.37. The molecule has 0 fully saturated rings. The molecule has 0 heterocycles. The molecule has 0 aromatic heterocycles. The first kappa shape index (κ1) is 13.8. The molecule has 19 heavy (non-hydrogen) atoms. The Balaban J connectivity index is 2.29. The summed E-state index contributed by atoms with van der Waals surface area (Å²) in [5.74, 6) is -0.121. The second-order valence-electron chi connectivity index (χ2n) is 6.05. The van der Waals surface area contributed by atoms with Gasteiger partial charge in [-0.05, 0) is 21.8 Å². The molecule has 0 radical (unpaired) electrons. The van der Waals surface area contributed by atoms with Crippen LogP contribution in [0, 0.1) is 5.41 Å². The van der Waals surface area contributed by atoms with Crippen molar-refractivity contribution in [2.24, 2.45) is 5.41 Å². The van der Waals surface area contributed by atoms with Crippen LogP contribution in [0.4, 0.5) is 0 Å². The van der Waals surface area contributed by atoms with Crippen molar-refractivity contribution in [2.75, 3.05) is 0 Å². The number of ketones is 1. The van der Waals surface area contributed by atoms with Gasteiger partial charge in [0, 0.05) is 6.42 Å². The lowest BCUT2D eigenvalue weighted by Crippen LogP contribution is -2.35. The van der Waals surface area contributed by atoms with Gasteiger partial charge in [-0.3, -0.25) is 4.79 Å². The Kier molecular flexibility index (Phi) is 3.72. The molecule has 100 valence electrons. The minimum absolute atomic E-state index is 0.121. The maximum absolute atomic E-state index is 12.2. The lowest BCUT2D eigenvalue weighted by atomic mass is 9.84. The van der Waals surface area contributed by atoms with Crippen molar-refractivity contribution in [1.82, 2.24) is 0 Å². The molecule has 1 N–H and O–H groups in total. The molecule has 0 saturated carbocycles. The van der Waals surface area contributed by atoms with Gasteiger partial charge in [0.05, 0.1) is 0 Å². The summed E-state index contributed by atoms with van der Waals surface area (Å²) in [5, 5.41) is 12.2. The summed E-state index contributed by atoms with van der Waals surface area (Å²) in [6, 6.07) is 13.9. The third-order valence-electron chi connectivity index (χ3n) is 3.37. The van der Waals surface area contributed by atoms with Crippen molar-refractivity contribution in [3.63, 3.8) is 0 Å². The highest BCUT2D eigenvalue weighted by Gasteiger charge is 2.28. The summed E-state index contributed by atoms with van der Waals surface area (Å²) >= 11 is 0. The van der Waals surface area contributed by atoms with Crippen LogP contribution in [0.25, 0.3) is 10.8 Å². The predicted molar refractivity (Wildman–Crippen MR) is 78.1 cm³/mol. The number of hydrogen-bond donors (Lipinski definition) is 1. The van der Waals surface area contributed by atoms with E-state index in [2.05, 4.69) is 0 Å². The molecule has 0 spiro atoms. The number of Topliss-reactive ketones (excluding diaryl/α,β-unsaturated/α-hetero) is 1. The Labute approximate surface area is 114 Å². The van der Waals surface area contributed by atoms with Crippen molar-refractivity contribution in [3.8, 4) is 0 Å². The summed E-state index contributed by atoms with van der Waals surface area (Å²) in [6.07, 6.45) is -0.647. The molecule has 0 aliphatic carbocycles. The highest BCUT2D eigenvalue weighted by Crippen LogP contribution is 2.23. The fraction of sp³-hybridized carbons (Fsp3) is 0.353. The average molecular weight is 256 g/mol. The molecule has 1 unspecified atom stereocenters. The number of aliphatic hydroxyl groups excluding tert-OH is 1. The Hall–Kier alpha value is -1.67. The van der Waals surface area contributed by atoms with Gasteiger partial charge in [0.2, 0.25) is 0 Å². The van der Waals surface area contributed by atoms with Crippen molar-refractivity contribution in [2.45, 2.75) is 33.3 Å². The number of fused-ring (bicyclic) bond motifs is 1. The smallest absolute Gasteiger partial charge is 0.166 e. The zero-order valence-corrected chi connectivity index (χ0v) is 11.7. The van der Waals surface area contributed by atoms with Gasteiger partial charge in [-0.15, -0.1) is 0 Å². The molecule has 2 heteroatoms. The molecule has 0 saturated heterocycles. The zero-order valence-electron chi connectivity index (χ0n) is 11.7. The number of benzene rings is 2. The monoisotopic (exact) mass is 256 g/mol. The first-order valence-electron chi connectivity index (χ1n) is 6.57. The van der Waals surface area contributed by atoms with Gasteiger partial charge in [0.15, 0.2) is 5.78 Å². The van der Waals surface area contributed by atoms with Crippen LogP contribution in [-0.4, -0.2) is 17.0 Å². The van der Waals surface area contributed by atoms with Crippen LogP contribution < -0.4 is 0 Å². The van der Waals surface area contributed by atoms with E-state index in [1.54, 1.807) is 0 Å². The van der Waals surface area contributed by atoms with Crippen molar-refractivity contribution < 1.29 is 9.90 Å². The maximum atomic E-state index is 12.2. The molecule has 1 atom stereocenters. The molecule has 2 aromatic rings. The van der Waals surface area contributed by atoms with E-state index in [1.807, 2.05) is 63.2 Å². The van der Waals surface area contributed by atoms with Crippen molar-refractivity contribution in [3.05, 3.63) is 48.0 Å². The minimum atomic E-state index is -0.925. The van der Waals surface area contributed by atoms with Gasteiger partial charge in [0.1, 0.15) is 6.10 Å². The summed E-state index contributed by atoms with van der Waals surface area (Å²) in [4.78, 5) is 12.2. The Morgan fingerprint density at radius 1 is 1.11 bits per heavy atom. The van der Waals surface area contributed by atoms with E-state index in [9.17, 15) is 9.90 Å². The lowest BCUT2D eigenvalue weighted by molar-refractivity contribution is -0.131. The number of carbonyl (C=O) groups excluding carboxylic acids is 1. The molecule has 2 aromatic carbocycles. The Bertz CT molecular complexity index is 588. The van der Waals surface area contributed by atoms with E-state index in [1.165, 1.54) is 0 Å². The number of carbonyl (C=O) groups is 1. The molecule has 2 rings (SSSR count). The third-order valence-corrected chi connectivity index (χ3v) is 3.37. The first-order chi connectivity index (χ1) is 8.89. The van der Waals surface area contributed by atoms with Crippen LogP contribution in [-0.2, 0) is 11.2 Å². The summed E-state index contributed by atoms with van der Waals surface area (Å²) < 4.78 is 0. The molecule has 0 amide bonds. The molecular weight excluding hydrogens is 236 g/mol. The van der Waals surface area contributed by atoms with Gasteiger partial charge in [0.25, 0.3) is 0 Å². The standard InChI is InChI=1S/C17H20O2/c1-17(2,3)16(19)15(18)11-13-9-6-8-12-7-4-5-10-14(12)13/h4-10,16,19H,11H2,1-3H3. The van der Waals surface area contributed by atoms with E-state index in [0.717, 1.165) is 16.3 Å². The van der Waals surface area contributed by atoms with E-state index in [4.69, 9.17) is 0 Å². The van der Waals surface area contributed by atoms with Gasteiger partial charge < -0.3 is 5.11 Å². The van der Waals surface area contributed by atoms with Crippen molar-refractivity contribution in [1.29, 1.82) is 0 Å². The normalized spacial score (nSPS) is 13.5. The number of hydrogen-bond acceptors (Lipinski definition) is 2. The second kappa shape index (κ2) is 5.14. The van der Waals surface area contributed by atoms with E-state index in [-0.39, 0.29) is 12.2 Å². The molecule has 0 aliphatic rings. The van der Waals surface area contributed by atoms with Crippen LogP contribution >= 0.6 is 0 Å². The second-order valence-corrected chi connectivity index (χ2v) is 6.05. The molecule has 0 bridgehead atoms. The lowest BCUT2D eigenvalue weighted by Gasteiger charge is -2.24. The summed E-state index contributed by atoms with van der Waals surface area (Å²) in [5.41, 5.74) is 0.563. The molecular formula is C17H20O2.